The second kappa shape index (κ2) is 5.44. The van der Waals surface area contributed by atoms with E-state index in [0.29, 0.717) is 6.42 Å². The smallest absolute Gasteiger partial charge is 0.339 e. The summed E-state index contributed by atoms with van der Waals surface area (Å²) in [6.07, 6.45) is -4.58. The van der Waals surface area contributed by atoms with Gasteiger partial charge in [0.1, 0.15) is 5.92 Å². The first-order valence-electron chi connectivity index (χ1n) is 5.85. The van der Waals surface area contributed by atoms with E-state index < -0.39 is 17.9 Å². The Balaban J connectivity index is 2.11. The number of hydrogen-bond donors (Lipinski definition) is 0. The summed E-state index contributed by atoms with van der Waals surface area (Å²) in [5.41, 5.74) is 0.898. The lowest BCUT2D eigenvalue weighted by molar-refractivity contribution is -0.172. The van der Waals surface area contributed by atoms with Crippen LogP contribution in [0.15, 0.2) is 34.9 Å². The first-order valence-corrected chi connectivity index (χ1v) is 5.85. The maximum Gasteiger partial charge on any atom is 0.450 e. The summed E-state index contributed by atoms with van der Waals surface area (Å²) in [4.78, 5) is 14.9. The van der Waals surface area contributed by atoms with Crippen LogP contribution in [0, 0.1) is 0 Å². The van der Waals surface area contributed by atoms with Gasteiger partial charge in [0.15, 0.2) is 5.82 Å². The van der Waals surface area contributed by atoms with E-state index in [4.69, 9.17) is 4.52 Å². The Morgan fingerprint density at radius 2 is 1.95 bits per heavy atom. The van der Waals surface area contributed by atoms with Crippen LogP contribution in [0.25, 0.3) is 0 Å². The molecule has 2 aromatic rings. The van der Waals surface area contributed by atoms with Crippen LogP contribution < -0.4 is 0 Å². The molecule has 0 aliphatic rings. The number of hydrogen-bond acceptors (Lipinski definition) is 4. The number of halogens is 3. The highest BCUT2D eigenvalue weighted by Gasteiger charge is 2.43. The molecule has 0 N–H and O–H groups in total. The van der Waals surface area contributed by atoms with Gasteiger partial charge in [0.2, 0.25) is 11.7 Å². The molecule has 0 spiro atoms. The summed E-state index contributed by atoms with van der Waals surface area (Å²) >= 11 is 0. The molecule has 0 aliphatic heterocycles. The first-order chi connectivity index (χ1) is 9.38. The summed E-state index contributed by atoms with van der Waals surface area (Å²) in [6.45, 7) is 1.09. The second-order valence-corrected chi connectivity index (χ2v) is 4.29. The number of nitrogens with zero attached hydrogens (tertiary/aromatic N) is 2. The average Bonchev–Trinajstić information content (AvgIpc) is 2.85. The van der Waals surface area contributed by atoms with Crippen molar-refractivity contribution >= 4 is 5.78 Å². The minimum Gasteiger partial charge on any atom is -0.339 e. The van der Waals surface area contributed by atoms with Crippen LogP contribution in [-0.4, -0.2) is 22.1 Å². The Morgan fingerprint density at radius 1 is 1.30 bits per heavy atom. The highest BCUT2D eigenvalue weighted by Crippen LogP contribution is 2.26. The largest absolute Gasteiger partial charge is 0.450 e. The lowest BCUT2D eigenvalue weighted by Gasteiger charge is -2.08. The van der Waals surface area contributed by atoms with Gasteiger partial charge in [-0.3, -0.25) is 4.79 Å². The summed E-state index contributed by atoms with van der Waals surface area (Å²) in [5, 5.41) is 3.59. The maximum absolute atomic E-state index is 12.3. The monoisotopic (exact) mass is 284 g/mol. The molecule has 4 nitrogen and oxygen atoms in total. The van der Waals surface area contributed by atoms with Crippen LogP contribution in [0.2, 0.25) is 0 Å². The van der Waals surface area contributed by atoms with Crippen molar-refractivity contribution < 1.29 is 22.5 Å². The zero-order valence-electron chi connectivity index (χ0n) is 10.5. The molecule has 0 amide bonds. The van der Waals surface area contributed by atoms with E-state index >= 15 is 0 Å². The number of alkyl halides is 3. The van der Waals surface area contributed by atoms with Crippen molar-refractivity contribution in [2.75, 3.05) is 0 Å². The molecule has 2 rings (SSSR count). The van der Waals surface area contributed by atoms with Crippen LogP contribution in [0.4, 0.5) is 13.2 Å². The summed E-state index contributed by atoms with van der Waals surface area (Å²) in [6, 6.07) is 9.16. The Bertz CT molecular complexity index is 593. The highest BCUT2D eigenvalue weighted by atomic mass is 19.4. The van der Waals surface area contributed by atoms with Crippen LogP contribution in [0.1, 0.15) is 30.1 Å². The molecule has 1 aromatic carbocycles. The topological polar surface area (TPSA) is 56.0 Å². The fraction of sp³-hybridized carbons (Fsp3) is 0.308. The van der Waals surface area contributed by atoms with Gasteiger partial charge in [-0.2, -0.15) is 18.2 Å². The van der Waals surface area contributed by atoms with Crippen LogP contribution in [-0.2, 0) is 11.2 Å². The van der Waals surface area contributed by atoms with Crippen LogP contribution in [0.3, 0.4) is 0 Å². The van der Waals surface area contributed by atoms with E-state index in [1.54, 1.807) is 0 Å². The third kappa shape index (κ3) is 3.23. The van der Waals surface area contributed by atoms with E-state index in [9.17, 15) is 18.0 Å². The van der Waals surface area contributed by atoms with Crippen molar-refractivity contribution in [1.29, 1.82) is 0 Å². The highest BCUT2D eigenvalue weighted by molar-refractivity contribution is 5.89. The van der Waals surface area contributed by atoms with Crippen molar-refractivity contribution in [1.82, 2.24) is 10.1 Å². The van der Waals surface area contributed by atoms with Gasteiger partial charge in [0, 0.05) is 6.42 Å². The Kier molecular flexibility index (Phi) is 3.87. The molecule has 0 bridgehead atoms. The minimum atomic E-state index is -4.91. The minimum absolute atomic E-state index is 0.244. The van der Waals surface area contributed by atoms with E-state index in [0.717, 1.165) is 12.5 Å². The zero-order chi connectivity index (χ0) is 14.8. The number of Topliss-reactive ketones (excluding diaryl/α,β-unsaturated/α-hetero) is 1. The average molecular weight is 284 g/mol. The van der Waals surface area contributed by atoms with Gasteiger partial charge >= 0.3 is 6.18 Å². The molecule has 7 heteroatoms. The molecule has 20 heavy (non-hydrogen) atoms. The van der Waals surface area contributed by atoms with Gasteiger partial charge in [-0.05, 0) is 12.5 Å². The molecule has 1 aromatic heterocycles. The molecule has 0 radical (unpaired) electrons. The van der Waals surface area contributed by atoms with Crippen molar-refractivity contribution in [3.05, 3.63) is 47.6 Å². The third-order valence-corrected chi connectivity index (χ3v) is 2.73. The number of carbonyl (C=O) groups is 1. The van der Waals surface area contributed by atoms with E-state index in [1.807, 2.05) is 30.3 Å². The third-order valence-electron chi connectivity index (χ3n) is 2.73. The van der Waals surface area contributed by atoms with Gasteiger partial charge in [-0.1, -0.05) is 35.5 Å². The molecule has 1 atom stereocenters. The fourth-order valence-corrected chi connectivity index (χ4v) is 1.65. The van der Waals surface area contributed by atoms with E-state index in [-0.39, 0.29) is 11.7 Å². The summed E-state index contributed by atoms with van der Waals surface area (Å²) < 4.78 is 41.6. The van der Waals surface area contributed by atoms with Gasteiger partial charge in [0.05, 0.1) is 0 Å². The summed E-state index contributed by atoms with van der Waals surface area (Å²) in [5.74, 6) is -3.47. The zero-order valence-corrected chi connectivity index (χ0v) is 10.5. The Morgan fingerprint density at radius 3 is 2.55 bits per heavy atom. The number of ketones is 1. The number of rotatable bonds is 4. The molecular weight excluding hydrogens is 273 g/mol. The molecule has 0 saturated carbocycles. The molecule has 0 saturated heterocycles. The molecule has 0 fully saturated rings. The lowest BCUT2D eigenvalue weighted by Crippen LogP contribution is -2.27. The van der Waals surface area contributed by atoms with Crippen LogP contribution in [0.5, 0.6) is 0 Å². The van der Waals surface area contributed by atoms with Crippen molar-refractivity contribution in [2.45, 2.75) is 25.4 Å². The standard InChI is InChI=1S/C13H11F3N2O2/c1-8(11(19)13(14,15)16)12-17-10(18-20-12)7-9-5-3-2-4-6-9/h2-6,8H,7H2,1H3. The van der Waals surface area contributed by atoms with E-state index in [1.165, 1.54) is 0 Å². The number of benzene rings is 1. The summed E-state index contributed by atoms with van der Waals surface area (Å²) in [7, 11) is 0. The predicted molar refractivity (Wildman–Crippen MR) is 63.0 cm³/mol. The maximum atomic E-state index is 12.3. The number of aromatic nitrogens is 2. The molecule has 1 heterocycles. The Labute approximate surface area is 112 Å². The van der Waals surface area contributed by atoms with E-state index in [2.05, 4.69) is 10.1 Å². The van der Waals surface area contributed by atoms with Gasteiger partial charge in [-0.25, -0.2) is 0 Å². The van der Waals surface area contributed by atoms with Gasteiger partial charge in [0.25, 0.3) is 0 Å². The lowest BCUT2D eigenvalue weighted by atomic mass is 10.1. The van der Waals surface area contributed by atoms with Crippen LogP contribution >= 0.6 is 0 Å². The SMILES string of the molecule is CC(C(=O)C(F)(F)F)c1nc(Cc2ccccc2)no1. The van der Waals surface area contributed by atoms with Crippen molar-refractivity contribution in [2.24, 2.45) is 0 Å². The molecule has 1 unspecified atom stereocenters. The molecule has 0 aliphatic carbocycles. The normalized spacial score (nSPS) is 13.2. The van der Waals surface area contributed by atoms with Crippen molar-refractivity contribution in [3.63, 3.8) is 0 Å². The quantitative estimate of drug-likeness (QED) is 0.866. The second-order valence-electron chi connectivity index (χ2n) is 4.29. The van der Waals surface area contributed by atoms with Crippen molar-refractivity contribution in [3.8, 4) is 0 Å². The first kappa shape index (κ1) is 14.2. The molecule has 106 valence electrons. The number of carbonyl (C=O) groups excluding carboxylic acids is 1. The molecular formula is C13H11F3N2O2. The predicted octanol–water partition coefficient (Wildman–Crippen LogP) is 2.90. The van der Waals surface area contributed by atoms with Gasteiger partial charge in [-0.15, -0.1) is 0 Å². The Hall–Kier alpha value is -2.18. The fourth-order valence-electron chi connectivity index (χ4n) is 1.65. The van der Waals surface area contributed by atoms with Gasteiger partial charge < -0.3 is 4.52 Å².